The first-order valence-electron chi connectivity index (χ1n) is 8.89. The van der Waals surface area contributed by atoms with E-state index >= 15 is 0 Å². The molecule has 2 heterocycles. The van der Waals surface area contributed by atoms with Gasteiger partial charge in [0.25, 0.3) is 0 Å². The number of piperazine rings is 1. The van der Waals surface area contributed by atoms with Gasteiger partial charge in [0, 0.05) is 63.1 Å². The Morgan fingerprint density at radius 1 is 0.957 bits per heavy atom. The first-order chi connectivity index (χ1) is 11.1. The van der Waals surface area contributed by atoms with Gasteiger partial charge in [0.05, 0.1) is 0 Å². The molecular weight excluding hydrogens is 306 g/mol. The predicted octanol–water partition coefficient (Wildman–Crippen LogP) is 3.67. The molecule has 0 atom stereocenters. The lowest BCUT2D eigenvalue weighted by atomic mass is 10.1. The van der Waals surface area contributed by atoms with Crippen molar-refractivity contribution in [2.75, 3.05) is 50.7 Å². The smallest absolute Gasteiger partial charge is 0.0412 e. The van der Waals surface area contributed by atoms with Crippen LogP contribution < -0.4 is 4.90 Å². The maximum atomic E-state index is 6.27. The molecule has 127 valence electrons. The Balaban J connectivity index is 1.62. The largest absolute Gasteiger partial charge is 0.371 e. The highest BCUT2D eigenvalue weighted by atomic mass is 35.5. The summed E-state index contributed by atoms with van der Waals surface area (Å²) in [6.07, 6.45) is 2.63. The summed E-state index contributed by atoms with van der Waals surface area (Å²) in [4.78, 5) is 7.66. The van der Waals surface area contributed by atoms with Crippen molar-refractivity contribution in [3.63, 3.8) is 0 Å². The highest BCUT2D eigenvalue weighted by Crippen LogP contribution is 2.28. The van der Waals surface area contributed by atoms with Crippen molar-refractivity contribution >= 4 is 17.3 Å². The second kappa shape index (κ2) is 7.87. The fraction of sp³-hybridized carbons (Fsp3) is 0.632. The zero-order valence-corrected chi connectivity index (χ0v) is 15.3. The van der Waals surface area contributed by atoms with Gasteiger partial charge in [-0.05, 0) is 42.5 Å². The number of hydrogen-bond acceptors (Lipinski definition) is 3. The minimum Gasteiger partial charge on any atom is -0.371 e. The Hall–Kier alpha value is -0.770. The topological polar surface area (TPSA) is 9.72 Å². The molecule has 3 rings (SSSR count). The van der Waals surface area contributed by atoms with Crippen LogP contribution >= 0.6 is 11.6 Å². The lowest BCUT2D eigenvalue weighted by molar-refractivity contribution is 0.131. The summed E-state index contributed by atoms with van der Waals surface area (Å²) in [5.74, 6) is 1.50. The van der Waals surface area contributed by atoms with E-state index in [-0.39, 0.29) is 0 Å². The van der Waals surface area contributed by atoms with Crippen LogP contribution in [-0.2, 0) is 6.54 Å². The third kappa shape index (κ3) is 4.62. The number of benzene rings is 1. The zero-order chi connectivity index (χ0) is 16.2. The summed E-state index contributed by atoms with van der Waals surface area (Å²) in [5, 5.41) is 0.859. The monoisotopic (exact) mass is 334 g/mol. The highest BCUT2D eigenvalue weighted by Gasteiger charge is 2.21. The second-order valence-electron chi connectivity index (χ2n) is 7.23. The van der Waals surface area contributed by atoms with Crippen molar-refractivity contribution in [1.82, 2.24) is 9.80 Å². The maximum absolute atomic E-state index is 6.27. The van der Waals surface area contributed by atoms with Crippen LogP contribution in [0.1, 0.15) is 32.3 Å². The van der Waals surface area contributed by atoms with Crippen molar-refractivity contribution in [2.24, 2.45) is 0 Å². The van der Waals surface area contributed by atoms with E-state index in [0.29, 0.717) is 0 Å². The molecule has 0 bridgehead atoms. The van der Waals surface area contributed by atoms with E-state index in [4.69, 9.17) is 11.6 Å². The van der Waals surface area contributed by atoms with Gasteiger partial charge in [0.1, 0.15) is 0 Å². The SMILES string of the molecule is C[C](C)CN1CCN(Cc2cc(Cl)ccc2N2CCCC2)CC1. The van der Waals surface area contributed by atoms with Gasteiger partial charge < -0.3 is 9.80 Å². The molecule has 2 fully saturated rings. The van der Waals surface area contributed by atoms with Crippen LogP contribution in [0.25, 0.3) is 0 Å². The fourth-order valence-electron chi connectivity index (χ4n) is 3.74. The molecule has 2 saturated heterocycles. The molecule has 0 saturated carbocycles. The third-order valence-electron chi connectivity index (χ3n) is 4.89. The molecule has 2 aliphatic heterocycles. The average Bonchev–Trinajstić information content (AvgIpc) is 3.03. The van der Waals surface area contributed by atoms with E-state index in [1.807, 2.05) is 6.07 Å². The van der Waals surface area contributed by atoms with Gasteiger partial charge in [-0.3, -0.25) is 4.90 Å². The van der Waals surface area contributed by atoms with Gasteiger partial charge >= 0.3 is 0 Å². The Bertz CT molecular complexity index is 503. The maximum Gasteiger partial charge on any atom is 0.0412 e. The number of nitrogens with zero attached hydrogens (tertiary/aromatic N) is 3. The number of hydrogen-bond donors (Lipinski definition) is 0. The van der Waals surface area contributed by atoms with Crippen molar-refractivity contribution in [3.8, 4) is 0 Å². The van der Waals surface area contributed by atoms with E-state index < -0.39 is 0 Å². The van der Waals surface area contributed by atoms with Crippen LogP contribution in [0.15, 0.2) is 18.2 Å². The molecule has 0 aromatic heterocycles. The van der Waals surface area contributed by atoms with Crippen LogP contribution in [0.3, 0.4) is 0 Å². The molecule has 0 amide bonds. The van der Waals surface area contributed by atoms with Gasteiger partial charge in [0.15, 0.2) is 0 Å². The Labute approximate surface area is 146 Å². The lowest BCUT2D eigenvalue weighted by Gasteiger charge is -2.36. The van der Waals surface area contributed by atoms with E-state index in [0.717, 1.165) is 31.2 Å². The molecule has 1 aromatic carbocycles. The Morgan fingerprint density at radius 3 is 2.26 bits per heavy atom. The minimum absolute atomic E-state index is 0.859. The molecule has 2 aliphatic rings. The zero-order valence-electron chi connectivity index (χ0n) is 14.5. The number of anilines is 1. The van der Waals surface area contributed by atoms with Gasteiger partial charge in [-0.1, -0.05) is 25.4 Å². The number of rotatable bonds is 5. The Morgan fingerprint density at radius 2 is 1.61 bits per heavy atom. The van der Waals surface area contributed by atoms with Gasteiger partial charge in [-0.15, -0.1) is 0 Å². The van der Waals surface area contributed by atoms with Crippen molar-refractivity contribution in [2.45, 2.75) is 33.2 Å². The second-order valence-corrected chi connectivity index (χ2v) is 7.66. The van der Waals surface area contributed by atoms with E-state index in [2.05, 4.69) is 40.7 Å². The summed E-state index contributed by atoms with van der Waals surface area (Å²) in [6.45, 7) is 13.6. The fourth-order valence-corrected chi connectivity index (χ4v) is 3.94. The van der Waals surface area contributed by atoms with Crippen molar-refractivity contribution in [3.05, 3.63) is 34.7 Å². The Kier molecular flexibility index (Phi) is 5.84. The molecule has 23 heavy (non-hydrogen) atoms. The van der Waals surface area contributed by atoms with Gasteiger partial charge in [-0.25, -0.2) is 0 Å². The summed E-state index contributed by atoms with van der Waals surface area (Å²) >= 11 is 6.27. The van der Waals surface area contributed by atoms with Crippen LogP contribution in [0, 0.1) is 5.92 Å². The summed E-state index contributed by atoms with van der Waals surface area (Å²) in [5.41, 5.74) is 2.79. The first-order valence-corrected chi connectivity index (χ1v) is 9.27. The minimum atomic E-state index is 0.859. The summed E-state index contributed by atoms with van der Waals surface area (Å²) in [7, 11) is 0. The van der Waals surface area contributed by atoms with E-state index in [9.17, 15) is 0 Å². The van der Waals surface area contributed by atoms with Crippen LogP contribution in [0.4, 0.5) is 5.69 Å². The number of halogens is 1. The molecule has 3 nitrogen and oxygen atoms in total. The van der Waals surface area contributed by atoms with Crippen LogP contribution in [0.5, 0.6) is 0 Å². The third-order valence-corrected chi connectivity index (χ3v) is 5.12. The quantitative estimate of drug-likeness (QED) is 0.813. The average molecular weight is 335 g/mol. The first kappa shape index (κ1) is 17.1. The molecule has 4 heteroatoms. The van der Waals surface area contributed by atoms with E-state index in [1.54, 1.807) is 0 Å². The molecule has 0 N–H and O–H groups in total. The van der Waals surface area contributed by atoms with Crippen LogP contribution in [-0.4, -0.2) is 55.6 Å². The lowest BCUT2D eigenvalue weighted by Crippen LogP contribution is -2.46. The summed E-state index contributed by atoms with van der Waals surface area (Å²) < 4.78 is 0. The standard InChI is InChI=1S/C19H29ClN3/c1-16(2)14-21-9-11-22(12-10-21)15-17-13-18(20)5-6-19(17)23-7-3-4-8-23/h5-6,13H,3-4,7-12,14-15H2,1-2H3. The summed E-state index contributed by atoms with van der Waals surface area (Å²) in [6, 6.07) is 6.43. The van der Waals surface area contributed by atoms with Crippen molar-refractivity contribution in [1.29, 1.82) is 0 Å². The molecule has 0 spiro atoms. The van der Waals surface area contributed by atoms with Crippen LogP contribution in [0.2, 0.25) is 5.02 Å². The van der Waals surface area contributed by atoms with Gasteiger partial charge in [-0.2, -0.15) is 0 Å². The molecular formula is C19H29ClN3. The normalized spacial score (nSPS) is 20.6. The highest BCUT2D eigenvalue weighted by molar-refractivity contribution is 6.30. The molecule has 1 aromatic rings. The predicted molar refractivity (Wildman–Crippen MR) is 99.2 cm³/mol. The molecule has 0 aliphatic carbocycles. The molecule has 1 radical (unpaired) electrons. The van der Waals surface area contributed by atoms with E-state index in [1.165, 1.54) is 56.2 Å². The van der Waals surface area contributed by atoms with Crippen molar-refractivity contribution < 1.29 is 0 Å². The molecule has 0 unspecified atom stereocenters. The van der Waals surface area contributed by atoms with Gasteiger partial charge in [0.2, 0.25) is 0 Å².